The van der Waals surface area contributed by atoms with Gasteiger partial charge in [-0.1, -0.05) is 33.6 Å². The summed E-state index contributed by atoms with van der Waals surface area (Å²) in [5.41, 5.74) is 0.513. The molecule has 1 heteroatoms. The van der Waals surface area contributed by atoms with Crippen molar-refractivity contribution in [3.8, 4) is 0 Å². The zero-order valence-electron chi connectivity index (χ0n) is 14.0. The van der Waals surface area contributed by atoms with E-state index in [0.717, 1.165) is 29.7 Å². The highest BCUT2D eigenvalue weighted by atomic mass is 14.9. The highest BCUT2D eigenvalue weighted by Gasteiger charge is 2.39. The summed E-state index contributed by atoms with van der Waals surface area (Å²) in [5.74, 6) is 4.15. The van der Waals surface area contributed by atoms with Crippen LogP contribution in [0.2, 0.25) is 0 Å². The summed E-state index contributed by atoms with van der Waals surface area (Å²) in [6.07, 6.45) is 13.4. The molecule has 0 heterocycles. The Labute approximate surface area is 126 Å². The summed E-state index contributed by atoms with van der Waals surface area (Å²) in [7, 11) is 0. The summed E-state index contributed by atoms with van der Waals surface area (Å²) >= 11 is 0. The van der Waals surface area contributed by atoms with Crippen molar-refractivity contribution < 1.29 is 0 Å². The van der Waals surface area contributed by atoms with E-state index < -0.39 is 0 Å². The van der Waals surface area contributed by atoms with Crippen LogP contribution in [0.25, 0.3) is 0 Å². The van der Waals surface area contributed by atoms with Crippen LogP contribution in [0.3, 0.4) is 0 Å². The van der Waals surface area contributed by atoms with E-state index in [-0.39, 0.29) is 0 Å². The normalized spacial score (nSPS) is 41.9. The number of nitrogens with one attached hydrogen (secondary N) is 1. The van der Waals surface area contributed by atoms with Crippen molar-refractivity contribution in [3.63, 3.8) is 0 Å². The summed E-state index contributed by atoms with van der Waals surface area (Å²) in [4.78, 5) is 0. The quantitative estimate of drug-likeness (QED) is 0.715. The average Bonchev–Trinajstić information content (AvgIpc) is 2.91. The van der Waals surface area contributed by atoms with Crippen LogP contribution in [0.4, 0.5) is 0 Å². The van der Waals surface area contributed by atoms with Crippen LogP contribution in [-0.2, 0) is 0 Å². The second kappa shape index (κ2) is 5.99. The molecule has 3 aliphatic rings. The zero-order chi connectivity index (χ0) is 14.2. The molecule has 0 spiro atoms. The lowest BCUT2D eigenvalue weighted by Gasteiger charge is -2.30. The highest BCUT2D eigenvalue weighted by Crippen LogP contribution is 2.48. The first-order chi connectivity index (χ1) is 9.52. The Kier molecular flexibility index (Phi) is 4.45. The van der Waals surface area contributed by atoms with Crippen molar-refractivity contribution in [2.75, 3.05) is 6.54 Å². The Balaban J connectivity index is 1.42. The van der Waals surface area contributed by atoms with Crippen molar-refractivity contribution in [1.82, 2.24) is 5.32 Å². The van der Waals surface area contributed by atoms with Gasteiger partial charge in [0.1, 0.15) is 0 Å². The molecule has 0 radical (unpaired) electrons. The monoisotopic (exact) mass is 277 g/mol. The van der Waals surface area contributed by atoms with Gasteiger partial charge in [0.2, 0.25) is 0 Å². The van der Waals surface area contributed by atoms with Gasteiger partial charge in [0.25, 0.3) is 0 Å². The molecule has 0 aromatic carbocycles. The standard InChI is InChI=1S/C19H35N/c1-19(2,3)17-5-4-6-18(10-9-17)20-13-16-12-14-7-8-15(16)11-14/h14-18,20H,4-13H2,1-3H3. The molecule has 116 valence electrons. The van der Waals surface area contributed by atoms with Crippen LogP contribution < -0.4 is 5.32 Å². The molecule has 0 aliphatic heterocycles. The first kappa shape index (κ1) is 14.9. The molecular formula is C19H35N. The lowest BCUT2D eigenvalue weighted by molar-refractivity contribution is 0.213. The number of hydrogen-bond acceptors (Lipinski definition) is 1. The van der Waals surface area contributed by atoms with E-state index in [9.17, 15) is 0 Å². The smallest absolute Gasteiger partial charge is 0.00672 e. The van der Waals surface area contributed by atoms with Gasteiger partial charge in [0.05, 0.1) is 0 Å². The van der Waals surface area contributed by atoms with Crippen molar-refractivity contribution in [1.29, 1.82) is 0 Å². The van der Waals surface area contributed by atoms with Crippen LogP contribution >= 0.6 is 0 Å². The predicted molar refractivity (Wildman–Crippen MR) is 86.8 cm³/mol. The van der Waals surface area contributed by atoms with E-state index in [1.807, 2.05) is 0 Å². The molecule has 0 amide bonds. The fraction of sp³-hybridized carbons (Fsp3) is 1.00. The largest absolute Gasteiger partial charge is 0.314 e. The molecule has 20 heavy (non-hydrogen) atoms. The van der Waals surface area contributed by atoms with Gasteiger partial charge in [-0.3, -0.25) is 0 Å². The summed E-state index contributed by atoms with van der Waals surface area (Å²) in [6, 6.07) is 0.821. The van der Waals surface area contributed by atoms with Crippen molar-refractivity contribution >= 4 is 0 Å². The first-order valence-corrected chi connectivity index (χ1v) is 9.25. The Bertz CT molecular complexity index is 316. The minimum absolute atomic E-state index is 0.513. The first-order valence-electron chi connectivity index (χ1n) is 9.25. The summed E-state index contributed by atoms with van der Waals surface area (Å²) in [5, 5.41) is 3.96. The van der Waals surface area contributed by atoms with Gasteiger partial charge < -0.3 is 5.32 Å². The number of rotatable bonds is 3. The minimum atomic E-state index is 0.513. The predicted octanol–water partition coefficient (Wildman–Crippen LogP) is 5.01. The van der Waals surface area contributed by atoms with E-state index in [4.69, 9.17) is 0 Å². The van der Waals surface area contributed by atoms with Gasteiger partial charge in [0.15, 0.2) is 0 Å². The average molecular weight is 277 g/mol. The molecular weight excluding hydrogens is 242 g/mol. The fourth-order valence-electron chi connectivity index (χ4n) is 5.32. The minimum Gasteiger partial charge on any atom is -0.314 e. The highest BCUT2D eigenvalue weighted by molar-refractivity contribution is 4.91. The van der Waals surface area contributed by atoms with E-state index in [0.29, 0.717) is 5.41 Å². The second-order valence-electron chi connectivity index (χ2n) is 9.11. The molecule has 5 unspecified atom stereocenters. The van der Waals surface area contributed by atoms with E-state index in [2.05, 4.69) is 26.1 Å². The molecule has 0 aromatic heterocycles. The Morgan fingerprint density at radius 2 is 1.75 bits per heavy atom. The molecule has 1 nitrogen and oxygen atoms in total. The lowest BCUT2D eigenvalue weighted by Crippen LogP contribution is -2.35. The molecule has 3 fully saturated rings. The third-order valence-corrected chi connectivity index (χ3v) is 6.75. The van der Waals surface area contributed by atoms with Crippen LogP contribution in [0, 0.1) is 29.1 Å². The number of hydrogen-bond donors (Lipinski definition) is 1. The molecule has 1 N–H and O–H groups in total. The van der Waals surface area contributed by atoms with Crippen LogP contribution in [-0.4, -0.2) is 12.6 Å². The molecule has 5 atom stereocenters. The SMILES string of the molecule is CC(C)(C)C1CCCC(NCC2CC3CCC2C3)CC1. The third kappa shape index (κ3) is 3.40. The maximum absolute atomic E-state index is 3.96. The van der Waals surface area contributed by atoms with Gasteiger partial charge in [-0.2, -0.15) is 0 Å². The maximum atomic E-state index is 3.96. The van der Waals surface area contributed by atoms with Crippen LogP contribution in [0.1, 0.15) is 78.6 Å². The van der Waals surface area contributed by atoms with Crippen molar-refractivity contribution in [3.05, 3.63) is 0 Å². The Morgan fingerprint density at radius 3 is 2.40 bits per heavy atom. The Morgan fingerprint density at radius 1 is 0.900 bits per heavy atom. The molecule has 3 saturated carbocycles. The Hall–Kier alpha value is -0.0400. The lowest BCUT2D eigenvalue weighted by atomic mass is 9.76. The topological polar surface area (TPSA) is 12.0 Å². The fourth-order valence-corrected chi connectivity index (χ4v) is 5.32. The van der Waals surface area contributed by atoms with Gasteiger partial charge in [0, 0.05) is 6.04 Å². The van der Waals surface area contributed by atoms with E-state index in [1.54, 1.807) is 6.42 Å². The van der Waals surface area contributed by atoms with Crippen molar-refractivity contribution in [2.45, 2.75) is 84.6 Å². The van der Waals surface area contributed by atoms with Gasteiger partial charge in [-0.15, -0.1) is 0 Å². The molecule has 3 aliphatic carbocycles. The third-order valence-electron chi connectivity index (χ3n) is 6.75. The van der Waals surface area contributed by atoms with Gasteiger partial charge in [-0.05, 0) is 80.6 Å². The van der Waals surface area contributed by atoms with E-state index >= 15 is 0 Å². The van der Waals surface area contributed by atoms with Gasteiger partial charge >= 0.3 is 0 Å². The summed E-state index contributed by atoms with van der Waals surface area (Å²) < 4.78 is 0. The molecule has 2 bridgehead atoms. The maximum Gasteiger partial charge on any atom is 0.00672 e. The zero-order valence-corrected chi connectivity index (χ0v) is 14.0. The molecule has 0 aromatic rings. The van der Waals surface area contributed by atoms with E-state index in [1.165, 1.54) is 57.9 Å². The molecule has 3 rings (SSSR count). The second-order valence-corrected chi connectivity index (χ2v) is 9.11. The number of fused-ring (bicyclic) bond motifs is 2. The van der Waals surface area contributed by atoms with Crippen LogP contribution in [0.5, 0.6) is 0 Å². The molecule has 0 saturated heterocycles. The van der Waals surface area contributed by atoms with Gasteiger partial charge in [-0.25, -0.2) is 0 Å². The summed E-state index contributed by atoms with van der Waals surface area (Å²) in [6.45, 7) is 8.62. The van der Waals surface area contributed by atoms with Crippen LogP contribution in [0.15, 0.2) is 0 Å². The van der Waals surface area contributed by atoms with Crippen molar-refractivity contribution in [2.24, 2.45) is 29.1 Å².